The standard InChI is InChI=1S/C18H12O7/c1-7-2-10-15-13(24-7)5-9(19)6-14(15)25-18(16(10)22)8-3-11(20)17(23)12(21)4-8/h2-6,20-23H,1H3/p+1. The van der Waals surface area contributed by atoms with E-state index in [9.17, 15) is 25.2 Å². The zero-order valence-electron chi connectivity index (χ0n) is 12.9. The SMILES string of the molecule is Cc1cc2c(O)c(-c3cc(O)c(O)c(O)c3)oc3cc(=[OH+])cc(o1)c32. The van der Waals surface area contributed by atoms with Gasteiger partial charge in [-0.05, 0) is 25.1 Å². The Morgan fingerprint density at radius 1 is 0.800 bits per heavy atom. The minimum atomic E-state index is -0.672. The molecule has 0 amide bonds. The lowest BCUT2D eigenvalue weighted by Gasteiger charge is -2.12. The van der Waals surface area contributed by atoms with E-state index in [-0.39, 0.29) is 28.1 Å². The van der Waals surface area contributed by atoms with Gasteiger partial charge in [0, 0.05) is 10.9 Å². The van der Waals surface area contributed by atoms with E-state index in [2.05, 4.69) is 0 Å². The Morgan fingerprint density at radius 3 is 2.04 bits per heavy atom. The molecule has 2 heterocycles. The van der Waals surface area contributed by atoms with Gasteiger partial charge >= 0.3 is 5.43 Å². The van der Waals surface area contributed by atoms with Crippen molar-refractivity contribution in [1.29, 1.82) is 0 Å². The molecule has 0 spiro atoms. The number of hydrogen-bond acceptors (Lipinski definition) is 6. The van der Waals surface area contributed by atoms with Crippen molar-refractivity contribution in [3.8, 4) is 34.3 Å². The smallest absolute Gasteiger partial charge is 0.347 e. The lowest BCUT2D eigenvalue weighted by atomic mass is 10.0. The van der Waals surface area contributed by atoms with Crippen LogP contribution in [0.3, 0.4) is 0 Å². The number of rotatable bonds is 1. The van der Waals surface area contributed by atoms with Gasteiger partial charge in [-0.2, -0.15) is 0 Å². The van der Waals surface area contributed by atoms with E-state index in [1.807, 2.05) is 0 Å². The highest BCUT2D eigenvalue weighted by Crippen LogP contribution is 2.45. The maximum absolute atomic E-state index is 10.7. The highest BCUT2D eigenvalue weighted by Gasteiger charge is 2.21. The van der Waals surface area contributed by atoms with Gasteiger partial charge in [0.25, 0.3) is 0 Å². The van der Waals surface area contributed by atoms with Crippen molar-refractivity contribution in [3.63, 3.8) is 0 Å². The predicted octanol–water partition coefficient (Wildman–Crippen LogP) is 2.98. The molecule has 0 aliphatic carbocycles. The maximum atomic E-state index is 10.7. The third kappa shape index (κ3) is 2.17. The molecule has 7 nitrogen and oxygen atoms in total. The van der Waals surface area contributed by atoms with E-state index in [1.54, 1.807) is 13.0 Å². The molecular weight excluding hydrogens is 328 g/mol. The first kappa shape index (κ1) is 14.9. The quantitative estimate of drug-likeness (QED) is 0.311. The molecule has 126 valence electrons. The second kappa shape index (κ2) is 4.94. The summed E-state index contributed by atoms with van der Waals surface area (Å²) in [5, 5.41) is 40.5. The largest absolute Gasteiger partial charge is 0.504 e. The molecule has 0 saturated heterocycles. The summed E-state index contributed by atoms with van der Waals surface area (Å²) >= 11 is 0. The fourth-order valence-corrected chi connectivity index (χ4v) is 2.88. The van der Waals surface area contributed by atoms with Crippen molar-refractivity contribution in [1.82, 2.24) is 0 Å². The van der Waals surface area contributed by atoms with Crippen LogP contribution in [0.5, 0.6) is 23.0 Å². The van der Waals surface area contributed by atoms with Crippen molar-refractivity contribution < 1.29 is 34.1 Å². The molecule has 0 aliphatic heterocycles. The summed E-state index contributed by atoms with van der Waals surface area (Å²) in [6, 6.07) is 6.68. The molecule has 0 atom stereocenters. The Hall–Kier alpha value is -3.61. The van der Waals surface area contributed by atoms with Crippen molar-refractivity contribution in [2.24, 2.45) is 0 Å². The summed E-state index contributed by atoms with van der Waals surface area (Å²) in [7, 11) is 0. The molecule has 2 aromatic carbocycles. The van der Waals surface area contributed by atoms with Gasteiger partial charge in [0.15, 0.2) is 28.8 Å². The number of benzene rings is 2. The van der Waals surface area contributed by atoms with Gasteiger partial charge in [0.1, 0.15) is 16.9 Å². The Kier molecular flexibility index (Phi) is 2.95. The first-order chi connectivity index (χ1) is 11.8. The summed E-state index contributed by atoms with van der Waals surface area (Å²) < 4.78 is 11.2. The van der Waals surface area contributed by atoms with Crippen LogP contribution in [0, 0.1) is 6.92 Å². The fraction of sp³-hybridized carbons (Fsp3) is 0.0556. The summed E-state index contributed by atoms with van der Waals surface area (Å²) in [5.74, 6) is -1.57. The van der Waals surface area contributed by atoms with Gasteiger partial charge in [0.05, 0.1) is 17.5 Å². The third-order valence-corrected chi connectivity index (χ3v) is 3.95. The van der Waals surface area contributed by atoms with E-state index in [1.165, 1.54) is 12.1 Å². The van der Waals surface area contributed by atoms with E-state index >= 15 is 0 Å². The number of phenols is 3. The topological polar surface area (TPSA) is 129 Å². The lowest BCUT2D eigenvalue weighted by molar-refractivity contribution is 0.368. The van der Waals surface area contributed by atoms with E-state index < -0.39 is 17.2 Å². The molecule has 4 aromatic rings. The first-order valence-electron chi connectivity index (χ1n) is 7.32. The normalized spacial score (nSPS) is 11.4. The van der Waals surface area contributed by atoms with Crippen molar-refractivity contribution in [3.05, 3.63) is 41.5 Å². The highest BCUT2D eigenvalue weighted by atomic mass is 16.4. The second-order valence-electron chi connectivity index (χ2n) is 5.73. The molecule has 25 heavy (non-hydrogen) atoms. The Bertz CT molecular complexity index is 1190. The molecule has 0 unspecified atom stereocenters. The van der Waals surface area contributed by atoms with Crippen LogP contribution >= 0.6 is 0 Å². The van der Waals surface area contributed by atoms with Crippen LogP contribution in [0.2, 0.25) is 0 Å². The Balaban J connectivity index is 2.16. The average Bonchev–Trinajstić information content (AvgIpc) is 2.54. The van der Waals surface area contributed by atoms with Crippen LogP contribution < -0.4 is 5.43 Å². The van der Waals surface area contributed by atoms with Crippen molar-refractivity contribution >= 4 is 21.9 Å². The molecule has 0 bridgehead atoms. The van der Waals surface area contributed by atoms with Gasteiger partial charge in [-0.1, -0.05) is 0 Å². The molecular formula is C18H13O7+. The molecule has 0 aliphatic rings. The number of aromatic hydroxyl groups is 4. The molecule has 2 aromatic heterocycles. The zero-order valence-corrected chi connectivity index (χ0v) is 12.9. The minimum Gasteiger partial charge on any atom is -0.504 e. The molecule has 0 radical (unpaired) electrons. The van der Waals surface area contributed by atoms with Gasteiger partial charge in [-0.15, -0.1) is 0 Å². The molecule has 0 saturated carbocycles. The van der Waals surface area contributed by atoms with E-state index in [0.717, 1.165) is 12.1 Å². The molecule has 4 rings (SSSR count). The predicted molar refractivity (Wildman–Crippen MR) is 87.9 cm³/mol. The average molecular weight is 341 g/mol. The Labute approximate surface area is 139 Å². The number of phenolic OH excluding ortho intramolecular Hbond substituents is 3. The van der Waals surface area contributed by atoms with Crippen LogP contribution in [0.25, 0.3) is 33.3 Å². The van der Waals surface area contributed by atoms with Crippen molar-refractivity contribution in [2.75, 3.05) is 0 Å². The van der Waals surface area contributed by atoms with Gasteiger partial charge in [-0.3, -0.25) is 4.79 Å². The molecule has 5 N–H and O–H groups in total. The summed E-state index contributed by atoms with van der Waals surface area (Å²) in [5.41, 5.74) is 0.645. The van der Waals surface area contributed by atoms with Gasteiger partial charge in [-0.25, -0.2) is 0 Å². The van der Waals surface area contributed by atoms with E-state index in [4.69, 9.17) is 8.83 Å². The van der Waals surface area contributed by atoms with Gasteiger partial charge < -0.3 is 29.3 Å². The van der Waals surface area contributed by atoms with Crippen LogP contribution in [0.15, 0.2) is 39.2 Å². The summed E-state index contributed by atoms with van der Waals surface area (Å²) in [6.07, 6.45) is 0. The van der Waals surface area contributed by atoms with E-state index in [0.29, 0.717) is 22.1 Å². The summed E-state index contributed by atoms with van der Waals surface area (Å²) in [4.78, 5) is 9.86. The molecule has 7 heteroatoms. The monoisotopic (exact) mass is 341 g/mol. The first-order valence-corrected chi connectivity index (χ1v) is 7.32. The van der Waals surface area contributed by atoms with Crippen LogP contribution in [-0.2, 0) is 0 Å². The van der Waals surface area contributed by atoms with Crippen molar-refractivity contribution in [2.45, 2.75) is 6.92 Å². The second-order valence-corrected chi connectivity index (χ2v) is 5.73. The fourth-order valence-electron chi connectivity index (χ4n) is 2.88. The van der Waals surface area contributed by atoms with Gasteiger partial charge in [0.2, 0.25) is 0 Å². The molecule has 0 fully saturated rings. The van der Waals surface area contributed by atoms with Crippen LogP contribution in [0.1, 0.15) is 5.76 Å². The zero-order chi connectivity index (χ0) is 17.9. The maximum Gasteiger partial charge on any atom is 0.347 e. The Morgan fingerprint density at radius 2 is 1.40 bits per heavy atom. The summed E-state index contributed by atoms with van der Waals surface area (Å²) in [6.45, 7) is 1.69. The highest BCUT2D eigenvalue weighted by molar-refractivity contribution is 6.09. The lowest BCUT2D eigenvalue weighted by Crippen LogP contribution is -2.00. The van der Waals surface area contributed by atoms with Crippen LogP contribution in [-0.4, -0.2) is 25.2 Å². The van der Waals surface area contributed by atoms with Crippen LogP contribution in [0.4, 0.5) is 0 Å². The minimum absolute atomic E-state index is 0.0457. The number of aryl methyl sites for hydroxylation is 1. The third-order valence-electron chi connectivity index (χ3n) is 3.95. The number of hydrogen-bond donors (Lipinski definition) is 4.